The lowest BCUT2D eigenvalue weighted by Crippen LogP contribution is -2.53. The van der Waals surface area contributed by atoms with Gasteiger partial charge in [0.15, 0.2) is 5.96 Å². The Morgan fingerprint density at radius 1 is 1.19 bits per heavy atom. The molecule has 1 saturated heterocycles. The van der Waals surface area contributed by atoms with Gasteiger partial charge in [0.05, 0.1) is 11.4 Å². The van der Waals surface area contributed by atoms with Crippen molar-refractivity contribution in [1.29, 1.82) is 0 Å². The predicted molar refractivity (Wildman–Crippen MR) is 131 cm³/mol. The summed E-state index contributed by atoms with van der Waals surface area (Å²) in [7, 11) is -1.70. The van der Waals surface area contributed by atoms with E-state index in [1.54, 1.807) is 19.3 Å². The van der Waals surface area contributed by atoms with Gasteiger partial charge in [0.25, 0.3) is 0 Å². The fourth-order valence-corrected chi connectivity index (χ4v) is 4.94. The third-order valence-corrected chi connectivity index (χ3v) is 6.91. The number of hydrogen-bond donors (Lipinski definition) is 1. The fraction of sp³-hybridized carbons (Fsp3) is 0.350. The van der Waals surface area contributed by atoms with Crippen LogP contribution in [0.1, 0.15) is 11.3 Å². The van der Waals surface area contributed by atoms with Gasteiger partial charge in [-0.25, -0.2) is 13.1 Å². The summed E-state index contributed by atoms with van der Waals surface area (Å²) in [5, 5.41) is 11.3. The molecule has 0 radical (unpaired) electrons. The van der Waals surface area contributed by atoms with Crippen molar-refractivity contribution in [3.05, 3.63) is 66.3 Å². The van der Waals surface area contributed by atoms with E-state index in [1.165, 1.54) is 10.6 Å². The quantitative estimate of drug-likeness (QED) is 0.273. The molecule has 4 rings (SSSR count). The molecule has 1 N–H and O–H groups in total. The van der Waals surface area contributed by atoms with E-state index in [2.05, 4.69) is 31.5 Å². The second kappa shape index (κ2) is 10.9. The zero-order valence-corrected chi connectivity index (χ0v) is 20.8. The largest absolute Gasteiger partial charge is 0.364 e. The van der Waals surface area contributed by atoms with Gasteiger partial charge in [-0.2, -0.15) is 9.40 Å². The first-order valence-electron chi connectivity index (χ1n) is 9.97. The van der Waals surface area contributed by atoms with Crippen molar-refractivity contribution < 1.29 is 12.9 Å². The maximum atomic E-state index is 12.6. The van der Waals surface area contributed by atoms with Crippen LogP contribution in [0.3, 0.4) is 0 Å². The van der Waals surface area contributed by atoms with Crippen LogP contribution in [0.5, 0.6) is 0 Å². The number of hydrogen-bond acceptors (Lipinski definition) is 6. The maximum Gasteiger partial charge on any atom is 0.220 e. The Kier molecular flexibility index (Phi) is 8.26. The zero-order valence-electron chi connectivity index (χ0n) is 17.7. The number of nitrogens with zero attached hydrogens (tertiary/aromatic N) is 6. The van der Waals surface area contributed by atoms with Crippen LogP contribution in [-0.2, 0) is 22.3 Å². The van der Waals surface area contributed by atoms with Gasteiger partial charge in [0.1, 0.15) is 12.0 Å². The number of aliphatic imine (C=N–C) groups is 1. The minimum atomic E-state index is -3.43. The number of guanidine groups is 1. The third kappa shape index (κ3) is 5.86. The molecule has 1 aliphatic heterocycles. The van der Waals surface area contributed by atoms with E-state index in [1.807, 2.05) is 35.1 Å². The first-order valence-corrected chi connectivity index (χ1v) is 11.6. The number of nitrogens with one attached hydrogen (secondary N) is 1. The van der Waals surface area contributed by atoms with Gasteiger partial charge in [-0.15, -0.1) is 24.0 Å². The molecule has 12 heteroatoms. The highest BCUT2D eigenvalue weighted by molar-refractivity contribution is 14.0. The minimum absolute atomic E-state index is 0. The Morgan fingerprint density at radius 2 is 2.00 bits per heavy atom. The second-order valence-electron chi connectivity index (χ2n) is 7.15. The molecule has 0 atom stereocenters. The molecule has 172 valence electrons. The lowest BCUT2D eigenvalue weighted by Gasteiger charge is -2.35. The van der Waals surface area contributed by atoms with Gasteiger partial charge in [0, 0.05) is 58.2 Å². The first-order chi connectivity index (χ1) is 15.0. The van der Waals surface area contributed by atoms with Gasteiger partial charge in [0.2, 0.25) is 10.0 Å². The number of benzene rings is 1. The second-order valence-corrected chi connectivity index (χ2v) is 9.12. The third-order valence-electron chi connectivity index (χ3n) is 5.10. The van der Waals surface area contributed by atoms with E-state index in [4.69, 9.17) is 4.52 Å². The molecule has 0 amide bonds. The summed E-state index contributed by atoms with van der Waals surface area (Å²) in [5.41, 5.74) is 2.51. The molecule has 0 bridgehead atoms. The summed E-state index contributed by atoms with van der Waals surface area (Å²) in [6, 6.07) is 11.6. The van der Waals surface area contributed by atoms with Crippen molar-refractivity contribution in [3.8, 4) is 5.69 Å². The summed E-state index contributed by atoms with van der Waals surface area (Å²) in [6.45, 7) is 2.52. The van der Waals surface area contributed by atoms with Gasteiger partial charge in [-0.05, 0) is 23.8 Å². The number of sulfonamides is 1. The van der Waals surface area contributed by atoms with Gasteiger partial charge in [-0.1, -0.05) is 17.3 Å². The highest BCUT2D eigenvalue weighted by atomic mass is 127. The molecule has 0 saturated carbocycles. The van der Waals surface area contributed by atoms with Crippen molar-refractivity contribution in [2.75, 3.05) is 33.2 Å². The Bertz CT molecular complexity index is 1110. The van der Waals surface area contributed by atoms with E-state index in [-0.39, 0.29) is 29.7 Å². The summed E-state index contributed by atoms with van der Waals surface area (Å²) >= 11 is 0. The normalized spacial score (nSPS) is 15.4. The van der Waals surface area contributed by atoms with E-state index < -0.39 is 10.0 Å². The smallest absolute Gasteiger partial charge is 0.220 e. The highest BCUT2D eigenvalue weighted by Crippen LogP contribution is 2.13. The van der Waals surface area contributed by atoms with E-state index >= 15 is 0 Å². The summed E-state index contributed by atoms with van der Waals surface area (Å²) < 4.78 is 33.3. The standard InChI is InChI=1S/C20H25N7O3S.HI/c1-21-20(22-15-17-4-2-5-19(14-17)27-8-3-7-23-27)25-9-11-26(12-10-25)31(28,29)16-18-6-13-30-24-18;/h2-8,13-14H,9-12,15-16H2,1H3,(H,21,22);1H. The molecular formula is C20H26IN7O3S. The van der Waals surface area contributed by atoms with Crippen LogP contribution in [0.15, 0.2) is 64.6 Å². The highest BCUT2D eigenvalue weighted by Gasteiger charge is 2.28. The number of piperazine rings is 1. The lowest BCUT2D eigenvalue weighted by atomic mass is 10.2. The van der Waals surface area contributed by atoms with Crippen LogP contribution in [0.25, 0.3) is 5.69 Å². The minimum Gasteiger partial charge on any atom is -0.364 e. The summed E-state index contributed by atoms with van der Waals surface area (Å²) in [5.74, 6) is 0.598. The Labute approximate surface area is 204 Å². The molecular weight excluding hydrogens is 545 g/mol. The molecule has 3 heterocycles. The first kappa shape index (κ1) is 24.2. The van der Waals surface area contributed by atoms with E-state index in [9.17, 15) is 8.42 Å². The SMILES string of the molecule is CN=C(NCc1cccc(-n2cccn2)c1)N1CCN(S(=O)(=O)Cc2ccon2)CC1.I. The van der Waals surface area contributed by atoms with Crippen molar-refractivity contribution in [2.24, 2.45) is 4.99 Å². The fourth-order valence-electron chi connectivity index (χ4n) is 3.51. The topological polar surface area (TPSA) is 109 Å². The van der Waals surface area contributed by atoms with Crippen molar-refractivity contribution in [2.45, 2.75) is 12.3 Å². The van der Waals surface area contributed by atoms with Gasteiger partial charge < -0.3 is 14.7 Å². The molecule has 1 aromatic carbocycles. The van der Waals surface area contributed by atoms with E-state index in [0.29, 0.717) is 38.4 Å². The average molecular weight is 571 g/mol. The van der Waals surface area contributed by atoms with Crippen LogP contribution in [-0.4, -0.2) is 71.7 Å². The van der Waals surface area contributed by atoms with Gasteiger partial charge >= 0.3 is 0 Å². The monoisotopic (exact) mass is 571 g/mol. The maximum absolute atomic E-state index is 12.6. The number of halogens is 1. The Morgan fingerprint density at radius 3 is 2.66 bits per heavy atom. The molecule has 32 heavy (non-hydrogen) atoms. The predicted octanol–water partition coefficient (Wildman–Crippen LogP) is 1.70. The Balaban J connectivity index is 0.00000289. The van der Waals surface area contributed by atoms with Crippen LogP contribution in [0, 0.1) is 0 Å². The molecule has 0 aliphatic carbocycles. The van der Waals surface area contributed by atoms with Crippen LogP contribution < -0.4 is 5.32 Å². The Hall–Kier alpha value is -2.45. The van der Waals surface area contributed by atoms with Crippen molar-refractivity contribution in [3.63, 3.8) is 0 Å². The average Bonchev–Trinajstić information content (AvgIpc) is 3.49. The molecule has 0 spiro atoms. The molecule has 0 unspecified atom stereocenters. The summed E-state index contributed by atoms with van der Waals surface area (Å²) in [6.07, 6.45) is 5.03. The molecule has 1 fully saturated rings. The van der Waals surface area contributed by atoms with Crippen molar-refractivity contribution in [1.82, 2.24) is 29.5 Å². The van der Waals surface area contributed by atoms with Crippen LogP contribution in [0.2, 0.25) is 0 Å². The van der Waals surface area contributed by atoms with Crippen molar-refractivity contribution >= 4 is 40.0 Å². The van der Waals surface area contributed by atoms with E-state index in [0.717, 1.165) is 17.2 Å². The van der Waals surface area contributed by atoms with Gasteiger partial charge in [-0.3, -0.25) is 4.99 Å². The summed E-state index contributed by atoms with van der Waals surface area (Å²) in [4.78, 5) is 6.44. The van der Waals surface area contributed by atoms with Crippen LogP contribution >= 0.6 is 24.0 Å². The molecule has 1 aliphatic rings. The molecule has 3 aromatic rings. The zero-order chi connectivity index (χ0) is 21.7. The molecule has 10 nitrogen and oxygen atoms in total. The number of aromatic nitrogens is 3. The van der Waals surface area contributed by atoms with Crippen LogP contribution in [0.4, 0.5) is 0 Å². The number of rotatable bonds is 6. The molecule has 2 aromatic heterocycles. The lowest BCUT2D eigenvalue weighted by molar-refractivity contribution is 0.259.